The number of piperidine rings is 1. The zero-order valence-electron chi connectivity index (χ0n) is 13.9. The molecule has 1 aromatic rings. The normalized spacial score (nSPS) is 18.7. The van der Waals surface area contributed by atoms with Gasteiger partial charge in [0.1, 0.15) is 12.2 Å². The van der Waals surface area contributed by atoms with E-state index in [4.69, 9.17) is 9.47 Å². The van der Waals surface area contributed by atoms with E-state index in [1.165, 1.54) is 11.3 Å². The zero-order chi connectivity index (χ0) is 16.9. The molecule has 0 aliphatic carbocycles. The predicted molar refractivity (Wildman–Crippen MR) is 87.8 cm³/mol. The number of ketones is 1. The van der Waals surface area contributed by atoms with Gasteiger partial charge >= 0.3 is 6.09 Å². The molecule has 0 N–H and O–H groups in total. The molecule has 1 fully saturated rings. The van der Waals surface area contributed by atoms with Crippen LogP contribution in [-0.2, 0) is 9.47 Å². The highest BCUT2D eigenvalue weighted by atomic mass is 32.1. The Labute approximate surface area is 140 Å². The Morgan fingerprint density at radius 3 is 2.87 bits per heavy atom. The molecule has 1 aliphatic rings. The molecule has 1 aliphatic heterocycles. The second kappa shape index (κ2) is 7.88. The Morgan fingerprint density at radius 1 is 1.43 bits per heavy atom. The van der Waals surface area contributed by atoms with Crippen molar-refractivity contribution in [1.29, 1.82) is 0 Å². The minimum atomic E-state index is -0.485. The first-order chi connectivity index (χ1) is 10.8. The first kappa shape index (κ1) is 17.9. The van der Waals surface area contributed by atoms with Crippen molar-refractivity contribution in [3.63, 3.8) is 0 Å². The number of likely N-dealkylation sites (tertiary alicyclic amines) is 1. The van der Waals surface area contributed by atoms with Crippen molar-refractivity contribution in [2.24, 2.45) is 5.92 Å². The van der Waals surface area contributed by atoms with E-state index in [2.05, 4.69) is 4.98 Å². The zero-order valence-corrected chi connectivity index (χ0v) is 14.7. The van der Waals surface area contributed by atoms with Crippen LogP contribution in [0.15, 0.2) is 11.6 Å². The minimum absolute atomic E-state index is 0.0381. The molecule has 0 radical (unpaired) electrons. The first-order valence-electron chi connectivity index (χ1n) is 7.83. The van der Waals surface area contributed by atoms with Crippen molar-refractivity contribution in [2.75, 3.05) is 26.3 Å². The maximum Gasteiger partial charge on any atom is 0.410 e. The molecule has 1 aromatic heterocycles. The molecule has 6 nitrogen and oxygen atoms in total. The second-order valence-corrected chi connectivity index (χ2v) is 7.60. The van der Waals surface area contributed by atoms with Crippen molar-refractivity contribution in [3.8, 4) is 0 Å². The van der Waals surface area contributed by atoms with Crippen LogP contribution in [0.1, 0.15) is 43.4 Å². The number of aromatic nitrogens is 1. The highest BCUT2D eigenvalue weighted by Gasteiger charge is 2.27. The molecule has 23 heavy (non-hydrogen) atoms. The molecular formula is C16H24N2O4S. The highest BCUT2D eigenvalue weighted by Crippen LogP contribution is 2.19. The van der Waals surface area contributed by atoms with Crippen LogP contribution >= 0.6 is 11.3 Å². The van der Waals surface area contributed by atoms with Gasteiger partial charge in [0.15, 0.2) is 5.01 Å². The van der Waals surface area contributed by atoms with Gasteiger partial charge in [0, 0.05) is 30.6 Å². The fourth-order valence-corrected chi connectivity index (χ4v) is 3.00. The monoisotopic (exact) mass is 340 g/mol. The lowest BCUT2D eigenvalue weighted by atomic mass is 9.99. The number of rotatable bonds is 5. The molecule has 0 saturated carbocycles. The average Bonchev–Trinajstić information content (AvgIpc) is 3.00. The molecule has 1 atom stereocenters. The summed E-state index contributed by atoms with van der Waals surface area (Å²) < 4.78 is 10.9. The lowest BCUT2D eigenvalue weighted by molar-refractivity contribution is 0.00786. The van der Waals surface area contributed by atoms with Crippen LogP contribution in [0.2, 0.25) is 0 Å². The lowest BCUT2D eigenvalue weighted by Crippen LogP contribution is -2.43. The fourth-order valence-electron chi connectivity index (χ4n) is 2.43. The third-order valence-corrected chi connectivity index (χ3v) is 4.24. The molecule has 7 heteroatoms. The molecule has 1 saturated heterocycles. The first-order valence-corrected chi connectivity index (χ1v) is 8.71. The van der Waals surface area contributed by atoms with Crippen LogP contribution < -0.4 is 0 Å². The number of carbonyl (C=O) groups is 2. The SMILES string of the molecule is CC(C)(C)OC(=O)N1CCC[C@H](COCC(=O)c2nccs2)C1. The number of hydrogen-bond acceptors (Lipinski definition) is 6. The summed E-state index contributed by atoms with van der Waals surface area (Å²) >= 11 is 1.32. The Hall–Kier alpha value is -1.47. The van der Waals surface area contributed by atoms with Gasteiger partial charge in [-0.15, -0.1) is 11.3 Å². The van der Waals surface area contributed by atoms with E-state index in [9.17, 15) is 9.59 Å². The van der Waals surface area contributed by atoms with Crippen molar-refractivity contribution < 1.29 is 19.1 Å². The largest absolute Gasteiger partial charge is 0.444 e. The van der Waals surface area contributed by atoms with Crippen LogP contribution in [0.3, 0.4) is 0 Å². The van der Waals surface area contributed by atoms with Crippen molar-refractivity contribution in [3.05, 3.63) is 16.6 Å². The number of hydrogen-bond donors (Lipinski definition) is 0. The van der Waals surface area contributed by atoms with E-state index < -0.39 is 5.60 Å². The number of nitrogens with zero attached hydrogens (tertiary/aromatic N) is 2. The molecular weight excluding hydrogens is 316 g/mol. The summed E-state index contributed by atoms with van der Waals surface area (Å²) in [6, 6.07) is 0. The maximum absolute atomic E-state index is 12.1. The van der Waals surface area contributed by atoms with E-state index in [-0.39, 0.29) is 24.4 Å². The van der Waals surface area contributed by atoms with Crippen molar-refractivity contribution >= 4 is 23.2 Å². The van der Waals surface area contributed by atoms with E-state index in [1.54, 1.807) is 16.5 Å². The summed E-state index contributed by atoms with van der Waals surface area (Å²) in [7, 11) is 0. The second-order valence-electron chi connectivity index (χ2n) is 6.71. The highest BCUT2D eigenvalue weighted by molar-refractivity contribution is 7.11. The summed E-state index contributed by atoms with van der Waals surface area (Å²) in [5.41, 5.74) is -0.485. The van der Waals surface area contributed by atoms with Crippen LogP contribution in [0.5, 0.6) is 0 Å². The Balaban J connectivity index is 1.73. The van der Waals surface area contributed by atoms with Crippen LogP contribution in [0.25, 0.3) is 0 Å². The molecule has 0 spiro atoms. The standard InChI is InChI=1S/C16H24N2O4S/c1-16(2,3)22-15(20)18-7-4-5-12(9-18)10-21-11-13(19)14-17-6-8-23-14/h6,8,12H,4-5,7,9-11H2,1-3H3/t12-/m0/s1. The molecule has 0 aromatic carbocycles. The van der Waals surface area contributed by atoms with E-state index in [1.807, 2.05) is 20.8 Å². The van der Waals surface area contributed by atoms with Crippen LogP contribution in [-0.4, -0.2) is 53.7 Å². The number of carbonyl (C=O) groups excluding carboxylic acids is 2. The Bertz CT molecular complexity index is 525. The van der Waals surface area contributed by atoms with Crippen molar-refractivity contribution in [2.45, 2.75) is 39.2 Å². The fraction of sp³-hybridized carbons (Fsp3) is 0.688. The summed E-state index contributed by atoms with van der Waals surface area (Å²) in [4.78, 5) is 29.6. The molecule has 1 amide bonds. The smallest absolute Gasteiger partial charge is 0.410 e. The van der Waals surface area contributed by atoms with Gasteiger partial charge in [0.05, 0.1) is 6.61 Å². The average molecular weight is 340 g/mol. The van der Waals surface area contributed by atoms with Crippen LogP contribution in [0, 0.1) is 5.92 Å². The van der Waals surface area contributed by atoms with Gasteiger partial charge in [0.25, 0.3) is 0 Å². The van der Waals surface area contributed by atoms with Gasteiger partial charge in [-0.3, -0.25) is 4.79 Å². The van der Waals surface area contributed by atoms with E-state index in [0.29, 0.717) is 24.7 Å². The molecule has 0 bridgehead atoms. The number of ether oxygens (including phenoxy) is 2. The molecule has 2 rings (SSSR count). The number of thiazole rings is 1. The third-order valence-electron chi connectivity index (χ3n) is 3.43. The summed E-state index contributed by atoms with van der Waals surface area (Å²) in [5.74, 6) is 0.139. The Morgan fingerprint density at radius 2 is 2.22 bits per heavy atom. The lowest BCUT2D eigenvalue weighted by Gasteiger charge is -2.34. The Kier molecular flexibility index (Phi) is 6.12. The number of amides is 1. The topological polar surface area (TPSA) is 68.7 Å². The maximum atomic E-state index is 12.1. The number of Topliss-reactive ketones (excluding diaryl/α,β-unsaturated/α-hetero) is 1. The van der Waals surface area contributed by atoms with Crippen LogP contribution in [0.4, 0.5) is 4.79 Å². The summed E-state index contributed by atoms with van der Waals surface area (Å²) in [6.07, 6.45) is 3.25. The molecule has 0 unspecified atom stereocenters. The summed E-state index contributed by atoms with van der Waals surface area (Å²) in [6.45, 7) is 7.41. The quantitative estimate of drug-likeness (QED) is 0.771. The van der Waals surface area contributed by atoms with Gasteiger partial charge in [0.2, 0.25) is 5.78 Å². The van der Waals surface area contributed by atoms with Gasteiger partial charge < -0.3 is 14.4 Å². The van der Waals surface area contributed by atoms with E-state index >= 15 is 0 Å². The molecule has 128 valence electrons. The van der Waals surface area contributed by atoms with Gasteiger partial charge in [-0.05, 0) is 33.6 Å². The van der Waals surface area contributed by atoms with Gasteiger partial charge in [-0.1, -0.05) is 0 Å². The predicted octanol–water partition coefficient (Wildman–Crippen LogP) is 2.99. The van der Waals surface area contributed by atoms with Gasteiger partial charge in [-0.25, -0.2) is 9.78 Å². The van der Waals surface area contributed by atoms with E-state index in [0.717, 1.165) is 12.8 Å². The molecule has 2 heterocycles. The minimum Gasteiger partial charge on any atom is -0.444 e. The van der Waals surface area contributed by atoms with Gasteiger partial charge in [-0.2, -0.15) is 0 Å². The van der Waals surface area contributed by atoms with Crippen molar-refractivity contribution in [1.82, 2.24) is 9.88 Å². The third kappa shape index (κ3) is 5.91. The summed E-state index contributed by atoms with van der Waals surface area (Å²) in [5, 5.41) is 2.25.